The maximum Gasteiger partial charge on any atom is 0.321 e. The van der Waals surface area contributed by atoms with Crippen molar-refractivity contribution in [3.05, 3.63) is 64.3 Å². The first-order chi connectivity index (χ1) is 16.7. The Balaban J connectivity index is 1.68. The standard InChI is InChI=1S/C26H31ClN2O6S/c1-16-11-21(27)20-13-23(29(5)22(20)12-16)25(31)28-17(2)18-7-9-19(10-8-18)36(32,33)14-24(30)35-15-26(3,4)34-6/h7-13,17H,14-15H2,1-6H3,(H,28,31). The lowest BCUT2D eigenvalue weighted by Gasteiger charge is -2.22. The van der Waals surface area contributed by atoms with E-state index in [4.69, 9.17) is 21.1 Å². The fraction of sp³-hybridized carbons (Fsp3) is 0.385. The first-order valence-electron chi connectivity index (χ1n) is 11.3. The zero-order chi connectivity index (χ0) is 26.8. The number of amides is 1. The summed E-state index contributed by atoms with van der Waals surface area (Å²) in [6, 6.07) is 11.2. The van der Waals surface area contributed by atoms with Gasteiger partial charge < -0.3 is 19.4 Å². The van der Waals surface area contributed by atoms with E-state index in [1.54, 1.807) is 50.6 Å². The monoisotopic (exact) mass is 534 g/mol. The van der Waals surface area contributed by atoms with Gasteiger partial charge in [-0.15, -0.1) is 0 Å². The SMILES string of the molecule is COC(C)(C)COC(=O)CS(=O)(=O)c1ccc(C(C)NC(=O)c2cc3c(Cl)cc(C)cc3n2C)cc1. The molecule has 1 atom stereocenters. The average Bonchev–Trinajstić information content (AvgIpc) is 3.14. The molecule has 194 valence electrons. The number of sulfone groups is 1. The van der Waals surface area contributed by atoms with Crippen LogP contribution in [0.25, 0.3) is 10.9 Å². The predicted molar refractivity (Wildman–Crippen MR) is 139 cm³/mol. The molecule has 2 aromatic carbocycles. The quantitative estimate of drug-likeness (QED) is 0.409. The van der Waals surface area contributed by atoms with E-state index in [9.17, 15) is 18.0 Å². The van der Waals surface area contributed by atoms with Gasteiger partial charge in [0.05, 0.1) is 27.1 Å². The number of carbonyl (C=O) groups excluding carboxylic acids is 2. The minimum Gasteiger partial charge on any atom is -0.462 e. The first kappa shape index (κ1) is 27.7. The highest BCUT2D eigenvalue weighted by molar-refractivity contribution is 7.92. The summed E-state index contributed by atoms with van der Waals surface area (Å²) >= 11 is 6.35. The van der Waals surface area contributed by atoms with Crippen LogP contribution in [0.5, 0.6) is 0 Å². The highest BCUT2D eigenvalue weighted by atomic mass is 35.5. The van der Waals surface area contributed by atoms with Gasteiger partial charge in [-0.3, -0.25) is 9.59 Å². The van der Waals surface area contributed by atoms with E-state index >= 15 is 0 Å². The van der Waals surface area contributed by atoms with Gasteiger partial charge in [-0.25, -0.2) is 8.42 Å². The second kappa shape index (κ2) is 10.6. The molecule has 1 amide bonds. The topological polar surface area (TPSA) is 104 Å². The summed E-state index contributed by atoms with van der Waals surface area (Å²) in [5, 5.41) is 4.31. The van der Waals surface area contributed by atoms with E-state index in [1.165, 1.54) is 19.2 Å². The van der Waals surface area contributed by atoms with Gasteiger partial charge in [-0.05, 0) is 69.2 Å². The first-order valence-corrected chi connectivity index (χ1v) is 13.4. The number of hydrogen-bond donors (Lipinski definition) is 1. The molecule has 1 unspecified atom stereocenters. The lowest BCUT2D eigenvalue weighted by atomic mass is 10.1. The lowest BCUT2D eigenvalue weighted by molar-refractivity contribution is -0.148. The van der Waals surface area contributed by atoms with Crippen LogP contribution < -0.4 is 5.32 Å². The Bertz CT molecular complexity index is 1390. The number of fused-ring (bicyclic) bond motifs is 1. The van der Waals surface area contributed by atoms with Crippen LogP contribution in [-0.4, -0.2) is 49.9 Å². The van der Waals surface area contributed by atoms with E-state index < -0.39 is 33.2 Å². The molecule has 3 rings (SSSR count). The van der Waals surface area contributed by atoms with Crippen LogP contribution in [0.15, 0.2) is 47.4 Å². The summed E-state index contributed by atoms with van der Waals surface area (Å²) in [7, 11) is -0.605. The highest BCUT2D eigenvalue weighted by Crippen LogP contribution is 2.28. The molecule has 8 nitrogen and oxygen atoms in total. The molecule has 10 heteroatoms. The number of methoxy groups -OCH3 is 1. The molecule has 0 fully saturated rings. The van der Waals surface area contributed by atoms with Gasteiger partial charge in [-0.1, -0.05) is 23.7 Å². The van der Waals surface area contributed by atoms with Gasteiger partial charge in [0.15, 0.2) is 15.6 Å². The number of aromatic nitrogens is 1. The number of carbonyl (C=O) groups is 2. The number of aryl methyl sites for hydroxylation is 2. The molecule has 0 aliphatic carbocycles. The Kier molecular flexibility index (Phi) is 8.17. The molecule has 0 saturated heterocycles. The second-order valence-electron chi connectivity index (χ2n) is 9.42. The summed E-state index contributed by atoms with van der Waals surface area (Å²) in [4.78, 5) is 25.0. The van der Waals surface area contributed by atoms with E-state index in [2.05, 4.69) is 5.32 Å². The van der Waals surface area contributed by atoms with Crippen molar-refractivity contribution in [2.45, 2.75) is 44.2 Å². The summed E-state index contributed by atoms with van der Waals surface area (Å²) < 4.78 is 37.3. The molecule has 1 heterocycles. The van der Waals surface area contributed by atoms with Gasteiger partial charge >= 0.3 is 5.97 Å². The van der Waals surface area contributed by atoms with Gasteiger partial charge in [0.1, 0.15) is 12.3 Å². The number of benzene rings is 2. The van der Waals surface area contributed by atoms with E-state index in [0.717, 1.165) is 16.5 Å². The van der Waals surface area contributed by atoms with E-state index in [-0.39, 0.29) is 17.4 Å². The van der Waals surface area contributed by atoms with Crippen LogP contribution in [0.2, 0.25) is 5.02 Å². The Morgan fingerprint density at radius 2 is 1.78 bits per heavy atom. The molecule has 0 bridgehead atoms. The summed E-state index contributed by atoms with van der Waals surface area (Å²) in [6.07, 6.45) is 0. The zero-order valence-corrected chi connectivity index (χ0v) is 22.8. The fourth-order valence-electron chi connectivity index (χ4n) is 3.65. The van der Waals surface area contributed by atoms with Crippen LogP contribution in [0.4, 0.5) is 0 Å². The van der Waals surface area contributed by atoms with Crippen molar-refractivity contribution < 1.29 is 27.5 Å². The van der Waals surface area contributed by atoms with Crippen LogP contribution in [0.1, 0.15) is 48.4 Å². The maximum atomic E-state index is 13.0. The van der Waals surface area contributed by atoms with E-state index in [0.29, 0.717) is 16.3 Å². The molecule has 3 aromatic rings. The van der Waals surface area contributed by atoms with Crippen molar-refractivity contribution in [2.24, 2.45) is 7.05 Å². The zero-order valence-electron chi connectivity index (χ0n) is 21.2. The fourth-order valence-corrected chi connectivity index (χ4v) is 5.08. The molecule has 0 saturated carbocycles. The van der Waals surface area contributed by atoms with Crippen LogP contribution in [0.3, 0.4) is 0 Å². The smallest absolute Gasteiger partial charge is 0.321 e. The predicted octanol–water partition coefficient (Wildman–Crippen LogP) is 4.37. The number of halogens is 1. The number of nitrogens with one attached hydrogen (secondary N) is 1. The normalized spacial score (nSPS) is 13.0. The second-order valence-corrected chi connectivity index (χ2v) is 11.8. The molecular weight excluding hydrogens is 504 g/mol. The molecule has 0 spiro atoms. The molecule has 0 aliphatic heterocycles. The van der Waals surface area contributed by atoms with Crippen molar-refractivity contribution in [1.82, 2.24) is 9.88 Å². The van der Waals surface area contributed by atoms with Crippen LogP contribution >= 0.6 is 11.6 Å². The van der Waals surface area contributed by atoms with Gasteiger partial charge in [0, 0.05) is 19.5 Å². The Hall–Kier alpha value is -2.88. The van der Waals surface area contributed by atoms with Gasteiger partial charge in [0.2, 0.25) is 0 Å². The highest BCUT2D eigenvalue weighted by Gasteiger charge is 2.24. The van der Waals surface area contributed by atoms with Crippen molar-refractivity contribution in [2.75, 3.05) is 19.5 Å². The van der Waals surface area contributed by atoms with Crippen molar-refractivity contribution >= 4 is 44.2 Å². The van der Waals surface area contributed by atoms with Crippen LogP contribution in [0, 0.1) is 6.92 Å². The average molecular weight is 535 g/mol. The number of rotatable bonds is 9. The minimum atomic E-state index is -3.89. The number of nitrogens with zero attached hydrogens (tertiary/aromatic N) is 1. The van der Waals surface area contributed by atoms with Gasteiger partial charge in [-0.2, -0.15) is 0 Å². The third kappa shape index (κ3) is 6.27. The Labute approximate surface area is 216 Å². The molecule has 36 heavy (non-hydrogen) atoms. The Morgan fingerprint density at radius 1 is 1.14 bits per heavy atom. The number of ether oxygens (including phenoxy) is 2. The summed E-state index contributed by atoms with van der Waals surface area (Å²) in [5.41, 5.74) is 2.31. The lowest BCUT2D eigenvalue weighted by Crippen LogP contribution is -2.32. The molecule has 0 aliphatic rings. The van der Waals surface area contributed by atoms with Crippen molar-refractivity contribution in [3.8, 4) is 0 Å². The maximum absolute atomic E-state index is 13.0. The van der Waals surface area contributed by atoms with Crippen molar-refractivity contribution in [3.63, 3.8) is 0 Å². The van der Waals surface area contributed by atoms with E-state index in [1.807, 2.05) is 19.1 Å². The third-order valence-corrected chi connectivity index (χ3v) is 7.94. The Morgan fingerprint density at radius 3 is 2.39 bits per heavy atom. The molecule has 1 N–H and O–H groups in total. The molecule has 0 radical (unpaired) electrons. The van der Waals surface area contributed by atoms with Gasteiger partial charge in [0.25, 0.3) is 5.91 Å². The molecular formula is C26H31ClN2O6S. The summed E-state index contributed by atoms with van der Waals surface area (Å²) in [6.45, 7) is 7.13. The number of hydrogen-bond acceptors (Lipinski definition) is 6. The minimum absolute atomic E-state index is 0.00794. The van der Waals surface area contributed by atoms with Crippen molar-refractivity contribution in [1.29, 1.82) is 0 Å². The largest absolute Gasteiger partial charge is 0.462 e. The molecule has 1 aromatic heterocycles. The number of esters is 1. The summed E-state index contributed by atoms with van der Waals surface area (Å²) in [5.74, 6) is -1.91. The van der Waals surface area contributed by atoms with Crippen LogP contribution in [-0.2, 0) is 31.2 Å². The third-order valence-electron chi connectivity index (χ3n) is 6.02.